The number of H-pyrrole nitrogens is 1. The van der Waals surface area contributed by atoms with Crippen LogP contribution in [0.5, 0.6) is 0 Å². The number of hydrogen-bond donors (Lipinski definition) is 2. The summed E-state index contributed by atoms with van der Waals surface area (Å²) in [6.07, 6.45) is 1.59. The highest BCUT2D eigenvalue weighted by atomic mass is 35.5. The number of ketones is 1. The molecule has 1 amide bonds. The van der Waals surface area contributed by atoms with Crippen LogP contribution in [-0.2, 0) is 4.79 Å². The third-order valence-electron chi connectivity index (χ3n) is 2.50. The van der Waals surface area contributed by atoms with E-state index in [-0.39, 0.29) is 5.69 Å². The molecule has 1 heterocycles. The van der Waals surface area contributed by atoms with Crippen LogP contribution >= 0.6 is 11.6 Å². The van der Waals surface area contributed by atoms with Gasteiger partial charge < -0.3 is 10.3 Å². The van der Waals surface area contributed by atoms with Gasteiger partial charge in [0.1, 0.15) is 0 Å². The number of Topliss-reactive ketones (excluding diaryl/α,β-unsaturated/α-hetero) is 1. The monoisotopic (exact) mass is 262 g/mol. The van der Waals surface area contributed by atoms with Crippen LogP contribution in [0.1, 0.15) is 16.1 Å². The number of anilines is 1. The highest BCUT2D eigenvalue weighted by molar-refractivity contribution is 6.46. The van der Waals surface area contributed by atoms with Gasteiger partial charge in [0.05, 0.1) is 5.69 Å². The van der Waals surface area contributed by atoms with Crippen LogP contribution in [0.4, 0.5) is 5.69 Å². The molecule has 0 spiro atoms. The molecule has 0 atom stereocenters. The van der Waals surface area contributed by atoms with Gasteiger partial charge in [0.15, 0.2) is 0 Å². The number of aromatic nitrogens is 1. The number of hydrogen-bond acceptors (Lipinski definition) is 2. The summed E-state index contributed by atoms with van der Waals surface area (Å²) < 4.78 is 0. The first-order valence-electron chi connectivity index (χ1n) is 5.33. The smallest absolute Gasteiger partial charge is 0.298 e. The number of nitrogens with one attached hydrogen (secondary N) is 2. The SMILES string of the molecule is Cc1ccc(Cl)cc1NC(=O)C(=O)c1ccc[nH]1. The molecule has 0 aliphatic rings. The standard InChI is InChI=1S/C13H11ClN2O2/c1-8-4-5-9(14)7-11(8)16-13(18)12(17)10-3-2-6-15-10/h2-7,15H,1H3,(H,16,18). The number of benzene rings is 1. The average molecular weight is 263 g/mol. The molecule has 0 radical (unpaired) electrons. The highest BCUT2D eigenvalue weighted by Crippen LogP contribution is 2.20. The molecule has 4 nitrogen and oxygen atoms in total. The molecular formula is C13H11ClN2O2. The molecule has 2 N–H and O–H groups in total. The average Bonchev–Trinajstić information content (AvgIpc) is 2.86. The summed E-state index contributed by atoms with van der Waals surface area (Å²) in [7, 11) is 0. The summed E-state index contributed by atoms with van der Waals surface area (Å²) >= 11 is 5.84. The molecule has 0 aliphatic heterocycles. The summed E-state index contributed by atoms with van der Waals surface area (Å²) in [6.45, 7) is 1.82. The van der Waals surface area contributed by atoms with Gasteiger partial charge in [0.2, 0.25) is 0 Å². The maximum atomic E-state index is 11.8. The Morgan fingerprint density at radius 2 is 2.06 bits per heavy atom. The van der Waals surface area contributed by atoms with E-state index in [9.17, 15) is 9.59 Å². The van der Waals surface area contributed by atoms with Gasteiger partial charge in [-0.05, 0) is 36.8 Å². The van der Waals surface area contributed by atoms with Crippen molar-refractivity contribution in [3.63, 3.8) is 0 Å². The largest absolute Gasteiger partial charge is 0.358 e. The van der Waals surface area contributed by atoms with Gasteiger partial charge in [0.25, 0.3) is 11.7 Å². The zero-order valence-electron chi connectivity index (χ0n) is 9.66. The quantitative estimate of drug-likeness (QED) is 0.660. The maximum Gasteiger partial charge on any atom is 0.298 e. The molecule has 2 aromatic rings. The second kappa shape index (κ2) is 5.06. The predicted octanol–water partition coefficient (Wildman–Crippen LogP) is 2.80. The van der Waals surface area contributed by atoms with Crippen molar-refractivity contribution < 1.29 is 9.59 Å². The second-order valence-corrected chi connectivity index (χ2v) is 4.26. The van der Waals surface area contributed by atoms with E-state index in [4.69, 9.17) is 11.6 Å². The number of halogens is 1. The minimum absolute atomic E-state index is 0.257. The molecule has 1 aromatic heterocycles. The Morgan fingerprint density at radius 1 is 1.28 bits per heavy atom. The molecular weight excluding hydrogens is 252 g/mol. The van der Waals surface area contributed by atoms with Crippen LogP contribution in [0.15, 0.2) is 36.5 Å². The zero-order valence-corrected chi connectivity index (χ0v) is 10.4. The van der Waals surface area contributed by atoms with Crippen molar-refractivity contribution in [2.45, 2.75) is 6.92 Å². The lowest BCUT2D eigenvalue weighted by Gasteiger charge is -2.07. The third-order valence-corrected chi connectivity index (χ3v) is 2.73. The lowest BCUT2D eigenvalue weighted by Crippen LogP contribution is -2.23. The first-order chi connectivity index (χ1) is 8.58. The van der Waals surface area contributed by atoms with Gasteiger partial charge in [-0.15, -0.1) is 0 Å². The highest BCUT2D eigenvalue weighted by Gasteiger charge is 2.17. The maximum absolute atomic E-state index is 11.8. The van der Waals surface area contributed by atoms with Gasteiger partial charge in [-0.2, -0.15) is 0 Å². The molecule has 0 aliphatic carbocycles. The minimum atomic E-state index is -0.692. The first-order valence-corrected chi connectivity index (χ1v) is 5.71. The molecule has 1 aromatic carbocycles. The topological polar surface area (TPSA) is 62.0 Å². The Labute approximate surface area is 109 Å². The molecule has 0 bridgehead atoms. The number of carbonyl (C=O) groups excluding carboxylic acids is 2. The van der Waals surface area contributed by atoms with E-state index in [0.717, 1.165) is 5.56 Å². The Kier molecular flexibility index (Phi) is 3.48. The molecule has 18 heavy (non-hydrogen) atoms. The molecule has 0 unspecified atom stereocenters. The summed E-state index contributed by atoms with van der Waals surface area (Å²) in [5.41, 5.74) is 1.63. The van der Waals surface area contributed by atoms with Crippen molar-refractivity contribution in [3.8, 4) is 0 Å². The molecule has 0 saturated carbocycles. The third kappa shape index (κ3) is 2.60. The van der Waals surface area contributed by atoms with Crippen LogP contribution in [0.25, 0.3) is 0 Å². The first kappa shape index (κ1) is 12.4. The lowest BCUT2D eigenvalue weighted by molar-refractivity contribution is -0.112. The molecule has 92 valence electrons. The fraction of sp³-hybridized carbons (Fsp3) is 0.0769. The zero-order chi connectivity index (χ0) is 13.1. The van der Waals surface area contributed by atoms with Crippen LogP contribution in [0.3, 0.4) is 0 Å². The minimum Gasteiger partial charge on any atom is -0.358 e. The summed E-state index contributed by atoms with van der Waals surface area (Å²) in [4.78, 5) is 26.2. The summed E-state index contributed by atoms with van der Waals surface area (Å²) in [6, 6.07) is 8.31. The second-order valence-electron chi connectivity index (χ2n) is 3.83. The van der Waals surface area contributed by atoms with Gasteiger partial charge in [0, 0.05) is 16.9 Å². The predicted molar refractivity (Wildman–Crippen MR) is 69.9 cm³/mol. The molecule has 5 heteroatoms. The van der Waals surface area contributed by atoms with E-state index in [0.29, 0.717) is 10.7 Å². The van der Waals surface area contributed by atoms with Gasteiger partial charge in [-0.3, -0.25) is 9.59 Å². The summed E-state index contributed by atoms with van der Waals surface area (Å²) in [5, 5.41) is 3.05. The Bertz CT molecular complexity index is 591. The normalized spacial score (nSPS) is 10.1. The van der Waals surface area contributed by atoms with E-state index in [1.165, 1.54) is 0 Å². The van der Waals surface area contributed by atoms with E-state index in [1.54, 1.807) is 36.5 Å². The Morgan fingerprint density at radius 3 is 2.72 bits per heavy atom. The van der Waals surface area contributed by atoms with Gasteiger partial charge in [-0.25, -0.2) is 0 Å². The van der Waals surface area contributed by atoms with E-state index in [1.807, 2.05) is 6.92 Å². The van der Waals surface area contributed by atoms with E-state index >= 15 is 0 Å². The van der Waals surface area contributed by atoms with Gasteiger partial charge >= 0.3 is 0 Å². The molecule has 0 saturated heterocycles. The molecule has 0 fully saturated rings. The van der Waals surface area contributed by atoms with E-state index in [2.05, 4.69) is 10.3 Å². The van der Waals surface area contributed by atoms with Crippen LogP contribution in [-0.4, -0.2) is 16.7 Å². The van der Waals surface area contributed by atoms with Crippen molar-refractivity contribution in [1.29, 1.82) is 0 Å². The van der Waals surface area contributed by atoms with Crippen LogP contribution in [0, 0.1) is 6.92 Å². The number of aryl methyl sites for hydroxylation is 1. The van der Waals surface area contributed by atoms with Crippen molar-refractivity contribution in [2.75, 3.05) is 5.32 Å². The Balaban J connectivity index is 2.17. The number of amides is 1. The fourth-order valence-corrected chi connectivity index (χ4v) is 1.67. The fourth-order valence-electron chi connectivity index (χ4n) is 1.50. The van der Waals surface area contributed by atoms with Crippen molar-refractivity contribution in [3.05, 3.63) is 52.8 Å². The molecule has 2 rings (SSSR count). The van der Waals surface area contributed by atoms with Crippen molar-refractivity contribution >= 4 is 29.0 Å². The van der Waals surface area contributed by atoms with Crippen molar-refractivity contribution in [2.24, 2.45) is 0 Å². The number of rotatable bonds is 3. The van der Waals surface area contributed by atoms with Crippen molar-refractivity contribution in [1.82, 2.24) is 4.98 Å². The summed E-state index contributed by atoms with van der Waals surface area (Å²) in [5.74, 6) is -1.30. The number of carbonyl (C=O) groups is 2. The van der Waals surface area contributed by atoms with Gasteiger partial charge in [-0.1, -0.05) is 17.7 Å². The number of aromatic amines is 1. The van der Waals surface area contributed by atoms with Crippen LogP contribution < -0.4 is 5.32 Å². The van der Waals surface area contributed by atoms with E-state index < -0.39 is 11.7 Å². The van der Waals surface area contributed by atoms with Crippen LogP contribution in [0.2, 0.25) is 5.02 Å². The lowest BCUT2D eigenvalue weighted by atomic mass is 10.2. The Hall–Kier alpha value is -2.07.